The second-order valence-electron chi connectivity index (χ2n) is 1.34. The van der Waals surface area contributed by atoms with Gasteiger partial charge in [-0.1, -0.05) is 0 Å². The average Bonchev–Trinajstić information content (AvgIpc) is 1.75. The first-order valence-electron chi connectivity index (χ1n) is 1.65. The first-order valence-corrected chi connectivity index (χ1v) is 1.65. The molecule has 1 nitrogen and oxygen atoms in total. The Bertz CT molecular complexity index is 29.4. The van der Waals surface area contributed by atoms with E-state index in [0.717, 1.165) is 0 Å². The Balaban J connectivity index is -0.0000000533. The second kappa shape index (κ2) is 6.83. The highest BCUT2D eigenvalue weighted by atomic mass is 35.5. The molecule has 4 heteroatoms. The van der Waals surface area contributed by atoms with Crippen LogP contribution in [0.3, 0.4) is 0 Å². The topological polar surface area (TPSA) is 26.0 Å². The van der Waals surface area contributed by atoms with Crippen LogP contribution in [0.1, 0.15) is 12.8 Å². The lowest BCUT2D eigenvalue weighted by Gasteiger charge is -1.58. The van der Waals surface area contributed by atoms with E-state index in [9.17, 15) is 0 Å². The minimum absolute atomic E-state index is 0. The Morgan fingerprint density at radius 1 is 1.00 bits per heavy atom. The Morgan fingerprint density at radius 3 is 1.14 bits per heavy atom. The van der Waals surface area contributed by atoms with Gasteiger partial charge in [-0.3, -0.25) is 0 Å². The third kappa shape index (κ3) is 10.9. The molecule has 0 aromatic carbocycles. The molecule has 0 aromatic rings. The van der Waals surface area contributed by atoms with E-state index in [-0.39, 0.29) is 37.2 Å². The highest BCUT2D eigenvalue weighted by Gasteiger charge is 2.13. The summed E-state index contributed by atoms with van der Waals surface area (Å²) >= 11 is 0. The van der Waals surface area contributed by atoms with Crippen LogP contribution in [-0.4, -0.2) is 6.04 Å². The Labute approximate surface area is 62.3 Å². The summed E-state index contributed by atoms with van der Waals surface area (Å²) in [7, 11) is 0. The zero-order chi connectivity index (χ0) is 2.99. The number of hydrogen-bond acceptors (Lipinski definition) is 1. The highest BCUT2D eigenvalue weighted by molar-refractivity contribution is 5.86. The van der Waals surface area contributed by atoms with Crippen molar-refractivity contribution in [2.45, 2.75) is 18.9 Å². The Kier molecular flexibility index (Phi) is 15.3. The fourth-order valence-corrected chi connectivity index (χ4v) is 0.0962. The molecular weight excluding hydrogens is 156 g/mol. The highest BCUT2D eigenvalue weighted by Crippen LogP contribution is 2.13. The Hall–Kier alpha value is 0.830. The Morgan fingerprint density at radius 2 is 1.14 bits per heavy atom. The summed E-state index contributed by atoms with van der Waals surface area (Å²) in [5, 5.41) is 0. The van der Waals surface area contributed by atoms with Gasteiger partial charge in [-0.05, 0) is 12.8 Å². The second-order valence-corrected chi connectivity index (χ2v) is 1.34. The predicted octanol–water partition coefficient (Wildman–Crippen LogP) is 1.37. The molecule has 0 bridgehead atoms. The van der Waals surface area contributed by atoms with E-state index < -0.39 is 0 Å². The largest absolute Gasteiger partial charge is 0.328 e. The van der Waals surface area contributed by atoms with Crippen LogP contribution in [0.4, 0.5) is 0 Å². The molecule has 1 saturated carbocycles. The molecule has 0 aromatic heterocycles. The monoisotopic (exact) mass is 165 g/mol. The maximum Gasteiger partial charge on any atom is 0.00399 e. The van der Waals surface area contributed by atoms with Crippen molar-refractivity contribution in [1.29, 1.82) is 0 Å². The lowest BCUT2D eigenvalue weighted by Crippen LogP contribution is -1.94. The van der Waals surface area contributed by atoms with Crippen molar-refractivity contribution in [3.05, 3.63) is 0 Å². The zero-order valence-corrected chi connectivity index (χ0v) is 6.24. The van der Waals surface area contributed by atoms with Crippen LogP contribution < -0.4 is 5.73 Å². The fourth-order valence-electron chi connectivity index (χ4n) is 0.0962. The standard InChI is InChI=1S/C3H7N.3ClH/c4-3-1-2-3;;;/h3H,1-2,4H2;3*1H. The lowest BCUT2D eigenvalue weighted by atomic mass is 10.8. The van der Waals surface area contributed by atoms with Gasteiger partial charge in [-0.2, -0.15) is 0 Å². The van der Waals surface area contributed by atoms with Gasteiger partial charge >= 0.3 is 0 Å². The van der Waals surface area contributed by atoms with Gasteiger partial charge in [0, 0.05) is 6.04 Å². The van der Waals surface area contributed by atoms with E-state index in [1.54, 1.807) is 0 Å². The lowest BCUT2D eigenvalue weighted by molar-refractivity contribution is 1.07. The fraction of sp³-hybridized carbons (Fsp3) is 1.00. The van der Waals surface area contributed by atoms with Crippen LogP contribution in [0.25, 0.3) is 0 Å². The van der Waals surface area contributed by atoms with E-state index in [1.165, 1.54) is 12.8 Å². The van der Waals surface area contributed by atoms with Crippen molar-refractivity contribution < 1.29 is 0 Å². The summed E-state index contributed by atoms with van der Waals surface area (Å²) in [5.74, 6) is 0. The van der Waals surface area contributed by atoms with Crippen molar-refractivity contribution in [1.82, 2.24) is 0 Å². The number of rotatable bonds is 0. The molecule has 0 unspecified atom stereocenters. The third-order valence-electron chi connectivity index (χ3n) is 0.622. The number of halogens is 3. The van der Waals surface area contributed by atoms with E-state index in [0.29, 0.717) is 6.04 Å². The molecule has 2 N–H and O–H groups in total. The summed E-state index contributed by atoms with van der Waals surface area (Å²) in [4.78, 5) is 0. The maximum atomic E-state index is 5.22. The molecule has 1 aliphatic carbocycles. The van der Waals surface area contributed by atoms with E-state index >= 15 is 0 Å². The van der Waals surface area contributed by atoms with Crippen LogP contribution >= 0.6 is 37.2 Å². The molecule has 0 heterocycles. The molecule has 0 saturated heterocycles. The SMILES string of the molecule is Cl.Cl.Cl.NC1CC1. The zero-order valence-electron chi connectivity index (χ0n) is 3.79. The van der Waals surface area contributed by atoms with Crippen molar-refractivity contribution in [3.63, 3.8) is 0 Å². The van der Waals surface area contributed by atoms with Crippen LogP contribution in [0.5, 0.6) is 0 Å². The van der Waals surface area contributed by atoms with Crippen molar-refractivity contribution in [2.24, 2.45) is 5.73 Å². The van der Waals surface area contributed by atoms with Gasteiger partial charge in [0.15, 0.2) is 0 Å². The minimum atomic E-state index is 0. The van der Waals surface area contributed by atoms with Crippen LogP contribution in [0, 0.1) is 0 Å². The summed E-state index contributed by atoms with van der Waals surface area (Å²) in [5.41, 5.74) is 5.22. The van der Waals surface area contributed by atoms with Gasteiger partial charge in [0.1, 0.15) is 0 Å². The molecule has 0 atom stereocenters. The van der Waals surface area contributed by atoms with Gasteiger partial charge in [-0.15, -0.1) is 37.2 Å². The molecule has 7 heavy (non-hydrogen) atoms. The molecule has 0 amide bonds. The van der Waals surface area contributed by atoms with Crippen LogP contribution in [-0.2, 0) is 0 Å². The van der Waals surface area contributed by atoms with Crippen molar-refractivity contribution >= 4 is 37.2 Å². The quantitative estimate of drug-likeness (QED) is 0.578. The molecule has 48 valence electrons. The van der Waals surface area contributed by atoms with Crippen molar-refractivity contribution in [3.8, 4) is 0 Å². The smallest absolute Gasteiger partial charge is 0.00399 e. The normalized spacial score (nSPS) is 15.0. The van der Waals surface area contributed by atoms with Gasteiger partial charge < -0.3 is 5.73 Å². The van der Waals surface area contributed by atoms with Gasteiger partial charge in [0.25, 0.3) is 0 Å². The average molecular weight is 166 g/mol. The third-order valence-corrected chi connectivity index (χ3v) is 0.622. The van der Waals surface area contributed by atoms with Crippen LogP contribution in [0.2, 0.25) is 0 Å². The van der Waals surface area contributed by atoms with E-state index in [4.69, 9.17) is 5.73 Å². The summed E-state index contributed by atoms with van der Waals surface area (Å²) in [6.45, 7) is 0. The van der Waals surface area contributed by atoms with Crippen molar-refractivity contribution in [2.75, 3.05) is 0 Å². The molecule has 0 radical (unpaired) electrons. The molecule has 1 aliphatic rings. The molecule has 0 aliphatic heterocycles. The first kappa shape index (κ1) is 15.7. The summed E-state index contributed by atoms with van der Waals surface area (Å²) in [6.07, 6.45) is 2.53. The predicted molar refractivity (Wildman–Crippen MR) is 39.0 cm³/mol. The molecule has 1 fully saturated rings. The molecule has 1 rings (SSSR count). The molecule has 0 spiro atoms. The summed E-state index contributed by atoms with van der Waals surface area (Å²) in [6, 6.07) is 0.583. The minimum Gasteiger partial charge on any atom is -0.328 e. The maximum absolute atomic E-state index is 5.22. The first-order chi connectivity index (χ1) is 1.89. The van der Waals surface area contributed by atoms with Gasteiger partial charge in [0.2, 0.25) is 0 Å². The molecular formula is C3H10Cl3N. The van der Waals surface area contributed by atoms with Gasteiger partial charge in [-0.25, -0.2) is 0 Å². The summed E-state index contributed by atoms with van der Waals surface area (Å²) < 4.78 is 0. The van der Waals surface area contributed by atoms with E-state index in [2.05, 4.69) is 0 Å². The van der Waals surface area contributed by atoms with E-state index in [1.807, 2.05) is 0 Å². The number of hydrogen-bond donors (Lipinski definition) is 1. The number of nitrogens with two attached hydrogens (primary N) is 1. The van der Waals surface area contributed by atoms with Crippen LogP contribution in [0.15, 0.2) is 0 Å². The van der Waals surface area contributed by atoms with Gasteiger partial charge in [0.05, 0.1) is 0 Å².